The maximum Gasteiger partial charge on any atom is 0.128 e. The lowest BCUT2D eigenvalue weighted by atomic mass is 10.2. The summed E-state index contributed by atoms with van der Waals surface area (Å²) in [6.45, 7) is 7.93. The highest BCUT2D eigenvalue weighted by Crippen LogP contribution is 2.19. The molecule has 1 unspecified atom stereocenters. The number of hydrogen-bond donors (Lipinski definition) is 1. The van der Waals surface area contributed by atoms with Gasteiger partial charge in [-0.15, -0.1) is 0 Å². The first-order chi connectivity index (χ1) is 9.33. The summed E-state index contributed by atoms with van der Waals surface area (Å²) < 4.78 is 0. The lowest BCUT2D eigenvalue weighted by Gasteiger charge is -2.38. The zero-order valence-corrected chi connectivity index (χ0v) is 11.8. The summed E-state index contributed by atoms with van der Waals surface area (Å²) in [5.41, 5.74) is 0. The Bertz CT molecular complexity index is 382. The molecule has 1 aliphatic heterocycles. The van der Waals surface area contributed by atoms with Gasteiger partial charge in [0.05, 0.1) is 0 Å². The Balaban J connectivity index is 1.45. The van der Waals surface area contributed by atoms with E-state index < -0.39 is 0 Å². The van der Waals surface area contributed by atoms with Gasteiger partial charge in [-0.25, -0.2) is 4.98 Å². The van der Waals surface area contributed by atoms with Gasteiger partial charge in [0.15, 0.2) is 0 Å². The first kappa shape index (κ1) is 12.9. The molecule has 0 spiro atoms. The van der Waals surface area contributed by atoms with E-state index in [1.54, 1.807) is 0 Å². The lowest BCUT2D eigenvalue weighted by molar-refractivity contribution is 0.192. The Morgan fingerprint density at radius 1 is 1.26 bits per heavy atom. The number of nitrogens with zero attached hydrogens (tertiary/aromatic N) is 3. The van der Waals surface area contributed by atoms with E-state index in [0.717, 1.165) is 44.6 Å². The van der Waals surface area contributed by atoms with Crippen LogP contribution in [0.5, 0.6) is 0 Å². The van der Waals surface area contributed by atoms with Crippen molar-refractivity contribution in [2.24, 2.45) is 0 Å². The molecule has 3 rings (SSSR count). The highest BCUT2D eigenvalue weighted by atomic mass is 15.3. The third-order valence-electron chi connectivity index (χ3n) is 4.19. The SMILES string of the molecule is CC(CNC1CC1)N1CCN(c2ccccn2)CC1. The second-order valence-corrected chi connectivity index (χ2v) is 5.74. The third-order valence-corrected chi connectivity index (χ3v) is 4.19. The van der Waals surface area contributed by atoms with Gasteiger partial charge in [0.2, 0.25) is 0 Å². The second kappa shape index (κ2) is 5.88. The van der Waals surface area contributed by atoms with Crippen molar-refractivity contribution in [3.05, 3.63) is 24.4 Å². The van der Waals surface area contributed by atoms with Gasteiger partial charge in [-0.2, -0.15) is 0 Å². The molecule has 2 heterocycles. The number of hydrogen-bond acceptors (Lipinski definition) is 4. The molecule has 1 aromatic rings. The summed E-state index contributed by atoms with van der Waals surface area (Å²) >= 11 is 0. The van der Waals surface area contributed by atoms with Gasteiger partial charge in [-0.1, -0.05) is 6.07 Å². The molecule has 19 heavy (non-hydrogen) atoms. The first-order valence-electron chi connectivity index (χ1n) is 7.46. The Kier molecular flexibility index (Phi) is 3.99. The minimum Gasteiger partial charge on any atom is -0.354 e. The fraction of sp³-hybridized carbons (Fsp3) is 0.667. The molecule has 1 saturated carbocycles. The molecule has 1 atom stereocenters. The van der Waals surface area contributed by atoms with Crippen LogP contribution in [-0.4, -0.2) is 54.7 Å². The first-order valence-corrected chi connectivity index (χ1v) is 7.46. The molecule has 2 aliphatic rings. The predicted octanol–water partition coefficient (Wildman–Crippen LogP) is 1.34. The predicted molar refractivity (Wildman–Crippen MR) is 78.5 cm³/mol. The smallest absolute Gasteiger partial charge is 0.128 e. The summed E-state index contributed by atoms with van der Waals surface area (Å²) in [6, 6.07) is 7.61. The van der Waals surface area contributed by atoms with Crippen LogP contribution in [0.2, 0.25) is 0 Å². The Morgan fingerprint density at radius 2 is 2.05 bits per heavy atom. The maximum atomic E-state index is 4.44. The molecule has 104 valence electrons. The Labute approximate surface area is 115 Å². The molecule has 2 fully saturated rings. The molecule has 0 radical (unpaired) electrons. The van der Waals surface area contributed by atoms with Crippen molar-refractivity contribution in [3.8, 4) is 0 Å². The Morgan fingerprint density at radius 3 is 2.68 bits per heavy atom. The van der Waals surface area contributed by atoms with Gasteiger partial charge in [0.25, 0.3) is 0 Å². The summed E-state index contributed by atoms with van der Waals surface area (Å²) in [5.74, 6) is 1.12. The molecule has 1 N–H and O–H groups in total. The minimum absolute atomic E-state index is 0.645. The van der Waals surface area contributed by atoms with Crippen LogP contribution in [0.15, 0.2) is 24.4 Å². The lowest BCUT2D eigenvalue weighted by Crippen LogP contribution is -2.52. The highest BCUT2D eigenvalue weighted by molar-refractivity contribution is 5.38. The average Bonchev–Trinajstić information content (AvgIpc) is 3.30. The number of rotatable bonds is 5. The summed E-state index contributed by atoms with van der Waals surface area (Å²) in [5, 5.41) is 3.63. The van der Waals surface area contributed by atoms with Crippen molar-refractivity contribution in [2.75, 3.05) is 37.6 Å². The van der Waals surface area contributed by atoms with Crippen molar-refractivity contribution in [1.82, 2.24) is 15.2 Å². The molecule has 1 saturated heterocycles. The van der Waals surface area contributed by atoms with E-state index in [1.165, 1.54) is 12.8 Å². The number of anilines is 1. The number of piperazine rings is 1. The van der Waals surface area contributed by atoms with E-state index in [-0.39, 0.29) is 0 Å². The van der Waals surface area contributed by atoms with Gasteiger partial charge in [-0.05, 0) is 31.9 Å². The zero-order valence-electron chi connectivity index (χ0n) is 11.8. The van der Waals surface area contributed by atoms with E-state index in [4.69, 9.17) is 0 Å². The van der Waals surface area contributed by atoms with E-state index >= 15 is 0 Å². The zero-order chi connectivity index (χ0) is 13.1. The van der Waals surface area contributed by atoms with Crippen molar-refractivity contribution >= 4 is 5.82 Å². The van der Waals surface area contributed by atoms with Gasteiger partial charge in [0.1, 0.15) is 5.82 Å². The van der Waals surface area contributed by atoms with Crippen molar-refractivity contribution < 1.29 is 0 Å². The van der Waals surface area contributed by atoms with Crippen LogP contribution >= 0.6 is 0 Å². The fourth-order valence-electron chi connectivity index (χ4n) is 2.69. The van der Waals surface area contributed by atoms with E-state index in [2.05, 4.69) is 39.2 Å². The topological polar surface area (TPSA) is 31.4 Å². The average molecular weight is 260 g/mol. The highest BCUT2D eigenvalue weighted by Gasteiger charge is 2.24. The van der Waals surface area contributed by atoms with Crippen LogP contribution in [-0.2, 0) is 0 Å². The molecular weight excluding hydrogens is 236 g/mol. The van der Waals surface area contributed by atoms with Crippen LogP contribution in [0.25, 0.3) is 0 Å². The molecule has 1 aromatic heterocycles. The van der Waals surface area contributed by atoms with Gasteiger partial charge < -0.3 is 10.2 Å². The van der Waals surface area contributed by atoms with E-state index in [9.17, 15) is 0 Å². The van der Waals surface area contributed by atoms with Gasteiger partial charge in [-0.3, -0.25) is 4.90 Å². The molecule has 0 aromatic carbocycles. The second-order valence-electron chi connectivity index (χ2n) is 5.74. The molecule has 4 nitrogen and oxygen atoms in total. The number of aromatic nitrogens is 1. The minimum atomic E-state index is 0.645. The van der Waals surface area contributed by atoms with Crippen LogP contribution in [0.1, 0.15) is 19.8 Å². The summed E-state index contributed by atoms with van der Waals surface area (Å²) in [6.07, 6.45) is 4.63. The fourth-order valence-corrected chi connectivity index (χ4v) is 2.69. The van der Waals surface area contributed by atoms with Crippen molar-refractivity contribution in [1.29, 1.82) is 0 Å². The third kappa shape index (κ3) is 3.45. The van der Waals surface area contributed by atoms with Crippen LogP contribution < -0.4 is 10.2 Å². The van der Waals surface area contributed by atoms with Gasteiger partial charge in [0, 0.05) is 51.0 Å². The molecule has 1 aliphatic carbocycles. The summed E-state index contributed by atoms with van der Waals surface area (Å²) in [4.78, 5) is 9.41. The molecule has 0 bridgehead atoms. The van der Waals surface area contributed by atoms with E-state index in [1.807, 2.05) is 12.3 Å². The number of pyridine rings is 1. The van der Waals surface area contributed by atoms with Crippen LogP contribution in [0, 0.1) is 0 Å². The van der Waals surface area contributed by atoms with Crippen LogP contribution in [0.3, 0.4) is 0 Å². The van der Waals surface area contributed by atoms with Crippen molar-refractivity contribution in [3.63, 3.8) is 0 Å². The standard InChI is InChI=1S/C15H24N4/c1-13(12-17-14-5-6-14)18-8-10-19(11-9-18)15-4-2-3-7-16-15/h2-4,7,13-14,17H,5-6,8-12H2,1H3. The Hall–Kier alpha value is -1.13. The van der Waals surface area contributed by atoms with Crippen molar-refractivity contribution in [2.45, 2.75) is 31.8 Å². The normalized spacial score (nSPS) is 22.5. The monoisotopic (exact) mass is 260 g/mol. The number of nitrogens with one attached hydrogen (secondary N) is 1. The maximum absolute atomic E-state index is 4.44. The molecule has 4 heteroatoms. The summed E-state index contributed by atoms with van der Waals surface area (Å²) in [7, 11) is 0. The largest absolute Gasteiger partial charge is 0.354 e. The molecule has 0 amide bonds. The van der Waals surface area contributed by atoms with Gasteiger partial charge >= 0.3 is 0 Å². The van der Waals surface area contributed by atoms with Crippen LogP contribution in [0.4, 0.5) is 5.82 Å². The quantitative estimate of drug-likeness (QED) is 0.866. The van der Waals surface area contributed by atoms with E-state index in [0.29, 0.717) is 6.04 Å². The molecular formula is C15H24N4.